The number of halogens is 1. The average Bonchev–Trinajstić information content (AvgIpc) is 0.783. The van der Waals surface area contributed by atoms with Crippen molar-refractivity contribution in [3.8, 4) is 111 Å². The van der Waals surface area contributed by atoms with E-state index in [4.69, 9.17) is 0 Å². The van der Waals surface area contributed by atoms with Gasteiger partial charge < -0.3 is 0 Å². The minimum atomic E-state index is -0.162. The van der Waals surface area contributed by atoms with E-state index in [0.29, 0.717) is 17.4 Å². The van der Waals surface area contributed by atoms with Crippen LogP contribution in [0.1, 0.15) is 153 Å². The molecule has 18 aromatic rings. The van der Waals surface area contributed by atoms with Gasteiger partial charge in [-0.25, -0.2) is 4.39 Å². The topological polar surface area (TPSA) is 0 Å². The zero-order chi connectivity index (χ0) is 96.0. The molecule has 0 spiro atoms. The van der Waals surface area contributed by atoms with Gasteiger partial charge in [-0.15, -0.1) is 0 Å². The van der Waals surface area contributed by atoms with Gasteiger partial charge in [0.25, 0.3) is 0 Å². The normalized spacial score (nSPS) is 10.6. The minimum absolute atomic E-state index is 0.162. The van der Waals surface area contributed by atoms with Gasteiger partial charge in [-0.1, -0.05) is 493 Å². The van der Waals surface area contributed by atoms with Crippen LogP contribution < -0.4 is 0 Å². The van der Waals surface area contributed by atoms with Crippen LogP contribution in [0, 0.1) is 79.0 Å². The molecule has 0 heterocycles. The Hall–Kier alpha value is -14.1. The van der Waals surface area contributed by atoms with Crippen molar-refractivity contribution in [3.05, 3.63) is 527 Å². The zero-order valence-corrected chi connectivity index (χ0v) is 83.1. The Morgan fingerprint density at radius 1 is 0.178 bits per heavy atom. The van der Waals surface area contributed by atoms with Gasteiger partial charge in [-0.05, 0) is 313 Å². The second-order valence-corrected chi connectivity index (χ2v) is 37.4. The standard InChI is InChI=1S/C25H20.C19H15F.2C19H16.C19H24.3C11H16/c1-19-24(21-13-7-3-8-14-21)17-23(20-11-5-2-6-12-20)18-25(19)22-15-9-4-10-16-22;1-14-18(16-10-6-3-7-11-16)12-17(13-19(14)20)15-8-4-2-5-9-15;1-15-12-18(16-8-4-2-5-9-16)14-19(13-15)17-10-6-3-7-11-17;1-15-12-13-18(16-8-4-2-5-9-16)14-19(15)17-10-6-3-7-11-17;1-13(2)18-11-17(16-9-7-6-8-10-16)12-19(14(3)4)15(18)5;1-9(2)8-11-6-4-10(3)5-7-11;1-9(2)7-11-6-4-5-10(3)8-11;1-9(2)8-11-7-5-4-6-10(11)3/h2-18H,1H3;2-13H,1H3;2*2-14H,1H3;6-14H,1-5H3;4-7,9H,8H2,1-3H3;4-6,8-9H,7H2,1-3H3;4-7,9H,8H2,1-3H3. The number of hydrogen-bond acceptors (Lipinski definition) is 0. The van der Waals surface area contributed by atoms with Gasteiger partial charge in [-0.2, -0.15) is 0 Å². The van der Waals surface area contributed by atoms with E-state index in [9.17, 15) is 4.39 Å². The van der Waals surface area contributed by atoms with Gasteiger partial charge in [0.05, 0.1) is 0 Å². The highest BCUT2D eigenvalue weighted by molar-refractivity contribution is 5.86. The van der Waals surface area contributed by atoms with Crippen LogP contribution >= 0.6 is 0 Å². The molecule has 0 aliphatic heterocycles. The molecule has 1 heteroatoms. The fraction of sp³-hybridized carbons (Fsp3) is 0.194. The molecule has 0 unspecified atom stereocenters. The van der Waals surface area contributed by atoms with Crippen LogP contribution in [-0.4, -0.2) is 0 Å². The third-order valence-corrected chi connectivity index (χ3v) is 24.2. The third kappa shape index (κ3) is 31.5. The highest BCUT2D eigenvalue weighted by Gasteiger charge is 2.17. The van der Waals surface area contributed by atoms with Crippen molar-refractivity contribution in [2.75, 3.05) is 0 Å². The first-order valence-corrected chi connectivity index (χ1v) is 48.3. The van der Waals surface area contributed by atoms with Crippen LogP contribution in [-0.2, 0) is 19.3 Å². The van der Waals surface area contributed by atoms with Crippen molar-refractivity contribution < 1.29 is 4.39 Å². The Morgan fingerprint density at radius 3 is 0.837 bits per heavy atom. The quantitative estimate of drug-likeness (QED) is 0.0803. The lowest BCUT2D eigenvalue weighted by Gasteiger charge is -2.19. The highest BCUT2D eigenvalue weighted by Crippen LogP contribution is 2.40. The molecule has 0 aromatic heterocycles. The van der Waals surface area contributed by atoms with E-state index < -0.39 is 0 Å². The maximum atomic E-state index is 14.2. The first-order chi connectivity index (χ1) is 65.3. The van der Waals surface area contributed by atoms with E-state index in [0.717, 1.165) is 40.0 Å². The monoisotopic (exact) mass is 1770 g/mol. The summed E-state index contributed by atoms with van der Waals surface area (Å²) in [5.41, 5.74) is 41.9. The Kier molecular flexibility index (Phi) is 39.3. The highest BCUT2D eigenvalue weighted by atomic mass is 19.1. The van der Waals surface area contributed by atoms with E-state index >= 15 is 0 Å². The molecule has 0 amide bonds. The number of aryl methyl sites for hydroxylation is 5. The summed E-state index contributed by atoms with van der Waals surface area (Å²) in [5, 5.41) is 0. The molecule has 0 N–H and O–H groups in total. The Labute approximate surface area is 810 Å². The summed E-state index contributed by atoms with van der Waals surface area (Å²) in [6.45, 7) is 39.7. The fourth-order valence-corrected chi connectivity index (χ4v) is 17.0. The molecule has 0 aliphatic rings. The van der Waals surface area contributed by atoms with Crippen LogP contribution in [0.5, 0.6) is 0 Å². The Morgan fingerprint density at radius 2 is 0.481 bits per heavy atom. The largest absolute Gasteiger partial charge is 0.207 e. The summed E-state index contributed by atoms with van der Waals surface area (Å²) < 4.78 is 14.2. The Bertz CT molecular complexity index is 6390. The lowest BCUT2D eigenvalue weighted by molar-refractivity contribution is 0.619. The fourth-order valence-electron chi connectivity index (χ4n) is 17.0. The maximum absolute atomic E-state index is 14.2. The van der Waals surface area contributed by atoms with E-state index in [1.54, 1.807) is 6.07 Å². The van der Waals surface area contributed by atoms with Gasteiger partial charge in [-0.3, -0.25) is 0 Å². The van der Waals surface area contributed by atoms with Crippen molar-refractivity contribution in [1.29, 1.82) is 0 Å². The molecular formula is C134H139F. The number of hydrogen-bond donors (Lipinski definition) is 0. The summed E-state index contributed by atoms with van der Waals surface area (Å²) >= 11 is 0. The van der Waals surface area contributed by atoms with Gasteiger partial charge in [0.1, 0.15) is 5.82 Å². The minimum Gasteiger partial charge on any atom is -0.207 e. The van der Waals surface area contributed by atoms with Gasteiger partial charge >= 0.3 is 0 Å². The van der Waals surface area contributed by atoms with Crippen molar-refractivity contribution in [3.63, 3.8) is 0 Å². The second kappa shape index (κ2) is 52.4. The molecule has 18 aromatic carbocycles. The molecule has 0 nitrogen and oxygen atoms in total. The molecule has 0 fully saturated rings. The molecule has 0 atom stereocenters. The molecule has 0 saturated carbocycles. The lowest BCUT2D eigenvalue weighted by atomic mass is 9.86. The third-order valence-electron chi connectivity index (χ3n) is 24.2. The molecule has 682 valence electrons. The molecule has 135 heavy (non-hydrogen) atoms. The lowest BCUT2D eigenvalue weighted by Crippen LogP contribution is -2.00. The molecule has 18 rings (SSSR count). The first-order valence-electron chi connectivity index (χ1n) is 48.3. The summed E-state index contributed by atoms with van der Waals surface area (Å²) in [5.74, 6) is 3.26. The molecule has 0 bridgehead atoms. The van der Waals surface area contributed by atoms with Crippen LogP contribution in [0.3, 0.4) is 0 Å². The SMILES string of the molecule is Cc1c(-c2ccccc2)cc(-c2ccccc2)cc1-c1ccccc1.Cc1c(C(C)C)cc(-c2ccccc2)cc1C(C)C.Cc1c(F)cc(-c2ccccc2)cc1-c1ccccc1.Cc1cc(-c2ccccc2)cc(-c2ccccc2)c1.Cc1ccc(-c2ccccc2)cc1-c1ccccc1.Cc1ccc(CC(C)C)cc1.Cc1cccc(CC(C)C)c1.Cc1ccccc1CC(C)C. The summed E-state index contributed by atoms with van der Waals surface area (Å²) in [6, 6.07) is 157. The zero-order valence-electron chi connectivity index (χ0n) is 83.1. The van der Waals surface area contributed by atoms with Crippen LogP contribution in [0.25, 0.3) is 111 Å². The van der Waals surface area contributed by atoms with Crippen LogP contribution in [0.4, 0.5) is 4.39 Å². The summed E-state index contributed by atoms with van der Waals surface area (Å²) in [4.78, 5) is 0. The second-order valence-electron chi connectivity index (χ2n) is 37.4. The van der Waals surface area contributed by atoms with Gasteiger partial charge in [0, 0.05) is 0 Å². The number of benzene rings is 18. The van der Waals surface area contributed by atoms with Crippen LogP contribution in [0.15, 0.2) is 449 Å². The Balaban J connectivity index is 0.000000151. The van der Waals surface area contributed by atoms with Gasteiger partial charge in [0.2, 0.25) is 0 Å². The summed E-state index contributed by atoms with van der Waals surface area (Å²) in [6.07, 6.45) is 3.59. The summed E-state index contributed by atoms with van der Waals surface area (Å²) in [7, 11) is 0. The van der Waals surface area contributed by atoms with Crippen LogP contribution in [0.2, 0.25) is 0 Å². The van der Waals surface area contributed by atoms with Gasteiger partial charge in [0.15, 0.2) is 0 Å². The molecule has 0 aliphatic carbocycles. The van der Waals surface area contributed by atoms with E-state index in [1.807, 2.05) is 67.6 Å². The molecule has 0 radical (unpaired) electrons. The predicted molar refractivity (Wildman–Crippen MR) is 588 cm³/mol. The van der Waals surface area contributed by atoms with Crippen molar-refractivity contribution >= 4 is 0 Å². The molecule has 0 saturated heterocycles. The van der Waals surface area contributed by atoms with E-state index in [1.165, 1.54) is 175 Å². The molecular weight excluding hydrogens is 1630 g/mol. The van der Waals surface area contributed by atoms with Crippen molar-refractivity contribution in [1.82, 2.24) is 0 Å². The predicted octanol–water partition coefficient (Wildman–Crippen LogP) is 38.6. The van der Waals surface area contributed by atoms with E-state index in [2.05, 4.69) is 500 Å². The maximum Gasteiger partial charge on any atom is 0.127 e. The number of rotatable bonds is 18. The van der Waals surface area contributed by atoms with E-state index in [-0.39, 0.29) is 5.82 Å². The van der Waals surface area contributed by atoms with Crippen molar-refractivity contribution in [2.24, 2.45) is 17.8 Å². The van der Waals surface area contributed by atoms with Crippen molar-refractivity contribution in [2.45, 2.75) is 156 Å². The smallest absolute Gasteiger partial charge is 0.127 e. The first kappa shape index (κ1) is 101. The average molecular weight is 1770 g/mol.